The summed E-state index contributed by atoms with van der Waals surface area (Å²) in [6, 6.07) is 2.65. The molecule has 0 atom stereocenters. The molecule has 0 spiro atoms. The Morgan fingerprint density at radius 3 is 2.61 bits per heavy atom. The van der Waals surface area contributed by atoms with Crippen LogP contribution >= 0.6 is 15.9 Å². The van der Waals surface area contributed by atoms with Crippen molar-refractivity contribution >= 4 is 37.3 Å². The van der Waals surface area contributed by atoms with E-state index in [-0.39, 0.29) is 22.5 Å². The van der Waals surface area contributed by atoms with Crippen LogP contribution in [0.1, 0.15) is 0 Å². The number of nitrogens with one attached hydrogen (secondary N) is 1. The van der Waals surface area contributed by atoms with Crippen molar-refractivity contribution in [3.63, 3.8) is 0 Å². The molecule has 0 radical (unpaired) electrons. The lowest BCUT2D eigenvalue weighted by Gasteiger charge is -2.13. The molecule has 0 bridgehead atoms. The van der Waals surface area contributed by atoms with E-state index in [2.05, 4.69) is 21.2 Å². The van der Waals surface area contributed by atoms with Gasteiger partial charge in [0, 0.05) is 26.7 Å². The lowest BCUT2D eigenvalue weighted by Crippen LogP contribution is -2.28. The third-order valence-electron chi connectivity index (χ3n) is 2.32. The van der Waals surface area contributed by atoms with Crippen LogP contribution in [0.4, 0.5) is 15.8 Å². The van der Waals surface area contributed by atoms with Gasteiger partial charge >= 0.3 is 0 Å². The Labute approximate surface area is 114 Å². The molecule has 1 aromatic carbocycles. The number of hydrogen-bond donors (Lipinski definition) is 2. The van der Waals surface area contributed by atoms with Crippen molar-refractivity contribution in [3.8, 4) is 0 Å². The molecule has 0 aliphatic rings. The molecular weight excluding hydrogens is 325 g/mol. The Morgan fingerprint density at radius 2 is 2.06 bits per heavy atom. The van der Waals surface area contributed by atoms with Crippen molar-refractivity contribution in [1.29, 1.82) is 0 Å². The van der Waals surface area contributed by atoms with Crippen LogP contribution in [0, 0.1) is 5.82 Å². The molecule has 0 aromatic heterocycles. The van der Waals surface area contributed by atoms with Crippen molar-refractivity contribution in [2.75, 3.05) is 37.4 Å². The Hall–Kier alpha value is -0.860. The Kier molecular flexibility index (Phi) is 4.94. The Balaban J connectivity index is 2.68. The third kappa shape index (κ3) is 3.82. The van der Waals surface area contributed by atoms with Gasteiger partial charge in [0.25, 0.3) is 0 Å². The van der Waals surface area contributed by atoms with E-state index in [9.17, 15) is 12.8 Å². The van der Waals surface area contributed by atoms with Gasteiger partial charge in [0.05, 0.1) is 21.6 Å². The van der Waals surface area contributed by atoms with E-state index in [4.69, 9.17) is 5.73 Å². The fourth-order valence-corrected chi connectivity index (χ4v) is 2.28. The average Bonchev–Trinajstić information content (AvgIpc) is 2.25. The topological polar surface area (TPSA) is 75.4 Å². The first-order valence-corrected chi connectivity index (χ1v) is 7.53. The second-order valence-electron chi connectivity index (χ2n) is 3.88. The van der Waals surface area contributed by atoms with Gasteiger partial charge in [-0.25, -0.2) is 17.1 Å². The van der Waals surface area contributed by atoms with Crippen LogP contribution in [0.3, 0.4) is 0 Å². The van der Waals surface area contributed by atoms with E-state index in [0.29, 0.717) is 5.69 Å². The predicted molar refractivity (Wildman–Crippen MR) is 74.5 cm³/mol. The molecule has 1 rings (SSSR count). The van der Waals surface area contributed by atoms with Crippen LogP contribution in [0.15, 0.2) is 16.6 Å². The molecule has 0 unspecified atom stereocenters. The van der Waals surface area contributed by atoms with Crippen LogP contribution in [-0.4, -0.2) is 39.1 Å². The molecular formula is C10H15BrFN3O2S. The molecule has 18 heavy (non-hydrogen) atoms. The maximum atomic E-state index is 13.1. The van der Waals surface area contributed by atoms with Crippen molar-refractivity contribution < 1.29 is 12.8 Å². The number of nitrogens with two attached hydrogens (primary N) is 1. The molecule has 0 amide bonds. The van der Waals surface area contributed by atoms with Gasteiger partial charge in [0.15, 0.2) is 0 Å². The van der Waals surface area contributed by atoms with Crippen molar-refractivity contribution in [3.05, 3.63) is 22.4 Å². The van der Waals surface area contributed by atoms with Crippen LogP contribution in [0.2, 0.25) is 0 Å². The van der Waals surface area contributed by atoms with Crippen molar-refractivity contribution in [2.45, 2.75) is 0 Å². The minimum Gasteiger partial charge on any atom is -0.397 e. The number of nitrogen functional groups attached to an aromatic ring is 1. The summed E-state index contributed by atoms with van der Waals surface area (Å²) in [4.78, 5) is 0. The number of sulfonamides is 1. The van der Waals surface area contributed by atoms with Gasteiger partial charge in [-0.05, 0) is 22.0 Å². The quantitative estimate of drug-likeness (QED) is 0.796. The Bertz CT molecular complexity index is 534. The summed E-state index contributed by atoms with van der Waals surface area (Å²) >= 11 is 3.04. The molecule has 0 saturated carbocycles. The standard InChI is InChI=1S/C10H15BrFN3O2S/c1-15(2)18(16,17)4-3-14-10-5-7(11)8(12)6-9(10)13/h5-6,14H,3-4,13H2,1-2H3. The Morgan fingerprint density at radius 1 is 1.44 bits per heavy atom. The fraction of sp³-hybridized carbons (Fsp3) is 0.400. The van der Waals surface area contributed by atoms with Gasteiger partial charge in [0.2, 0.25) is 10.0 Å². The summed E-state index contributed by atoms with van der Waals surface area (Å²) in [5, 5.41) is 2.86. The second-order valence-corrected chi connectivity index (χ2v) is 7.04. The van der Waals surface area contributed by atoms with Gasteiger partial charge in [-0.1, -0.05) is 0 Å². The normalized spacial score (nSPS) is 11.8. The fourth-order valence-electron chi connectivity index (χ4n) is 1.21. The van der Waals surface area contributed by atoms with Crippen LogP contribution < -0.4 is 11.1 Å². The lowest BCUT2D eigenvalue weighted by molar-refractivity contribution is 0.521. The minimum absolute atomic E-state index is 0.0611. The van der Waals surface area contributed by atoms with Crippen LogP contribution in [-0.2, 0) is 10.0 Å². The van der Waals surface area contributed by atoms with E-state index in [0.717, 1.165) is 4.31 Å². The summed E-state index contributed by atoms with van der Waals surface area (Å²) in [6.45, 7) is 0.197. The summed E-state index contributed by atoms with van der Waals surface area (Å²) < 4.78 is 37.6. The number of rotatable bonds is 5. The summed E-state index contributed by atoms with van der Waals surface area (Å²) in [5.74, 6) is -0.520. The molecule has 0 fully saturated rings. The van der Waals surface area contributed by atoms with E-state index in [1.54, 1.807) is 0 Å². The van der Waals surface area contributed by atoms with Crippen molar-refractivity contribution in [2.24, 2.45) is 0 Å². The molecule has 0 saturated heterocycles. The number of anilines is 2. The summed E-state index contributed by atoms with van der Waals surface area (Å²) in [7, 11) is -0.314. The zero-order valence-electron chi connectivity index (χ0n) is 10.1. The van der Waals surface area contributed by atoms with Gasteiger partial charge in [-0.3, -0.25) is 0 Å². The molecule has 0 heterocycles. The molecule has 102 valence electrons. The van der Waals surface area contributed by atoms with Crippen LogP contribution in [0.25, 0.3) is 0 Å². The largest absolute Gasteiger partial charge is 0.397 e. The maximum Gasteiger partial charge on any atom is 0.215 e. The summed E-state index contributed by atoms with van der Waals surface area (Å²) in [6.07, 6.45) is 0. The lowest BCUT2D eigenvalue weighted by atomic mass is 10.2. The molecule has 5 nitrogen and oxygen atoms in total. The number of nitrogens with zero attached hydrogens (tertiary/aromatic N) is 1. The minimum atomic E-state index is -3.26. The molecule has 0 aliphatic heterocycles. The zero-order valence-corrected chi connectivity index (χ0v) is 12.5. The highest BCUT2D eigenvalue weighted by Crippen LogP contribution is 2.26. The SMILES string of the molecule is CN(C)S(=O)(=O)CCNc1cc(Br)c(F)cc1N. The number of halogens is 2. The first kappa shape index (κ1) is 15.2. The maximum absolute atomic E-state index is 13.1. The predicted octanol–water partition coefficient (Wildman–Crippen LogP) is 1.47. The van der Waals surface area contributed by atoms with E-state index < -0.39 is 15.8 Å². The van der Waals surface area contributed by atoms with E-state index in [1.165, 1.54) is 26.2 Å². The van der Waals surface area contributed by atoms with Gasteiger partial charge in [-0.15, -0.1) is 0 Å². The molecule has 3 N–H and O–H groups in total. The van der Waals surface area contributed by atoms with Gasteiger partial charge in [-0.2, -0.15) is 0 Å². The number of benzene rings is 1. The third-order valence-corrected chi connectivity index (χ3v) is 4.76. The summed E-state index contributed by atoms with van der Waals surface area (Å²) in [5.41, 5.74) is 6.35. The van der Waals surface area contributed by atoms with E-state index >= 15 is 0 Å². The zero-order chi connectivity index (χ0) is 13.9. The molecule has 1 aromatic rings. The van der Waals surface area contributed by atoms with E-state index in [1.807, 2.05) is 0 Å². The highest BCUT2D eigenvalue weighted by atomic mass is 79.9. The highest BCUT2D eigenvalue weighted by molar-refractivity contribution is 9.10. The number of hydrogen-bond acceptors (Lipinski definition) is 4. The van der Waals surface area contributed by atoms with Crippen LogP contribution in [0.5, 0.6) is 0 Å². The monoisotopic (exact) mass is 339 g/mol. The highest BCUT2D eigenvalue weighted by Gasteiger charge is 2.13. The van der Waals surface area contributed by atoms with Gasteiger partial charge < -0.3 is 11.1 Å². The molecule has 0 aliphatic carbocycles. The van der Waals surface area contributed by atoms with Crippen molar-refractivity contribution in [1.82, 2.24) is 4.31 Å². The van der Waals surface area contributed by atoms with Gasteiger partial charge in [0.1, 0.15) is 5.82 Å². The second kappa shape index (κ2) is 5.85. The average molecular weight is 340 g/mol. The first-order valence-electron chi connectivity index (χ1n) is 5.12. The molecule has 8 heteroatoms. The smallest absolute Gasteiger partial charge is 0.215 e. The first-order chi connectivity index (χ1) is 8.24.